The van der Waals surface area contributed by atoms with Crippen molar-refractivity contribution in [2.75, 3.05) is 18.4 Å². The lowest BCUT2D eigenvalue weighted by molar-refractivity contribution is 0.0530. The highest BCUT2D eigenvalue weighted by molar-refractivity contribution is 6.31. The standard InChI is InChI=1S/C14H18ClN3O2/c1-14(2,3)20-13(19)18-7-6-17-11-4-5-12(15)10(8-11)9-16/h4-5,8,17H,6-7H2,1-3H3,(H,18,19). The number of ether oxygens (including phenoxy) is 1. The molecule has 0 heterocycles. The fourth-order valence-electron chi connectivity index (χ4n) is 1.41. The molecule has 0 unspecified atom stereocenters. The van der Waals surface area contributed by atoms with Crippen LogP contribution in [0.3, 0.4) is 0 Å². The molecule has 0 saturated heterocycles. The predicted octanol–water partition coefficient (Wildman–Crippen LogP) is 3.15. The monoisotopic (exact) mass is 295 g/mol. The number of hydrogen-bond acceptors (Lipinski definition) is 4. The fraction of sp³-hybridized carbons (Fsp3) is 0.429. The summed E-state index contributed by atoms with van der Waals surface area (Å²) in [4.78, 5) is 11.4. The zero-order valence-electron chi connectivity index (χ0n) is 11.8. The molecule has 1 aromatic rings. The first-order valence-corrected chi connectivity index (χ1v) is 6.60. The van der Waals surface area contributed by atoms with Crippen LogP contribution in [0.2, 0.25) is 5.02 Å². The quantitative estimate of drug-likeness (QED) is 0.837. The van der Waals surface area contributed by atoms with E-state index in [0.717, 1.165) is 5.69 Å². The average Bonchev–Trinajstić information content (AvgIpc) is 2.34. The molecule has 1 rings (SSSR count). The molecule has 0 fully saturated rings. The Kier molecular flexibility index (Phi) is 5.66. The minimum Gasteiger partial charge on any atom is -0.444 e. The topological polar surface area (TPSA) is 74.2 Å². The van der Waals surface area contributed by atoms with Gasteiger partial charge in [0.1, 0.15) is 11.7 Å². The van der Waals surface area contributed by atoms with E-state index in [1.807, 2.05) is 26.8 Å². The molecule has 0 atom stereocenters. The van der Waals surface area contributed by atoms with Crippen molar-refractivity contribution in [3.8, 4) is 6.07 Å². The average molecular weight is 296 g/mol. The van der Waals surface area contributed by atoms with E-state index >= 15 is 0 Å². The van der Waals surface area contributed by atoms with Gasteiger partial charge in [0, 0.05) is 18.8 Å². The maximum Gasteiger partial charge on any atom is 0.407 e. The van der Waals surface area contributed by atoms with E-state index in [2.05, 4.69) is 10.6 Å². The SMILES string of the molecule is CC(C)(C)OC(=O)NCCNc1ccc(Cl)c(C#N)c1. The molecule has 0 bridgehead atoms. The molecule has 108 valence electrons. The highest BCUT2D eigenvalue weighted by atomic mass is 35.5. The van der Waals surface area contributed by atoms with Crippen LogP contribution >= 0.6 is 11.6 Å². The molecule has 1 amide bonds. The Bertz CT molecular complexity index is 518. The van der Waals surface area contributed by atoms with Crippen LogP contribution < -0.4 is 10.6 Å². The van der Waals surface area contributed by atoms with Crippen LogP contribution in [0.15, 0.2) is 18.2 Å². The minimum absolute atomic E-state index is 0.414. The third-order valence-electron chi connectivity index (χ3n) is 2.21. The van der Waals surface area contributed by atoms with Gasteiger partial charge in [0.2, 0.25) is 0 Å². The van der Waals surface area contributed by atoms with Gasteiger partial charge in [-0.25, -0.2) is 4.79 Å². The van der Waals surface area contributed by atoms with E-state index < -0.39 is 11.7 Å². The van der Waals surface area contributed by atoms with Gasteiger partial charge in [0.15, 0.2) is 0 Å². The van der Waals surface area contributed by atoms with Crippen LogP contribution in [0.4, 0.5) is 10.5 Å². The first-order chi connectivity index (χ1) is 9.31. The Hall–Kier alpha value is -1.93. The van der Waals surface area contributed by atoms with Crippen molar-refractivity contribution < 1.29 is 9.53 Å². The second-order valence-corrected chi connectivity index (χ2v) is 5.57. The van der Waals surface area contributed by atoms with Crippen molar-refractivity contribution in [1.82, 2.24) is 5.32 Å². The number of nitriles is 1. The lowest BCUT2D eigenvalue weighted by atomic mass is 10.2. The van der Waals surface area contributed by atoms with Gasteiger partial charge in [-0.1, -0.05) is 11.6 Å². The Morgan fingerprint density at radius 2 is 2.10 bits per heavy atom. The number of rotatable bonds is 4. The molecule has 6 heteroatoms. The normalized spacial score (nSPS) is 10.6. The molecule has 1 aromatic carbocycles. The highest BCUT2D eigenvalue weighted by Gasteiger charge is 2.15. The smallest absolute Gasteiger partial charge is 0.407 e. The van der Waals surface area contributed by atoms with Gasteiger partial charge in [-0.15, -0.1) is 0 Å². The fourth-order valence-corrected chi connectivity index (χ4v) is 1.57. The van der Waals surface area contributed by atoms with Gasteiger partial charge < -0.3 is 15.4 Å². The maximum atomic E-state index is 11.4. The van der Waals surface area contributed by atoms with Crippen LogP contribution in [0.1, 0.15) is 26.3 Å². The summed E-state index contributed by atoms with van der Waals surface area (Å²) in [7, 11) is 0. The summed E-state index contributed by atoms with van der Waals surface area (Å²) in [6.07, 6.45) is -0.451. The Balaban J connectivity index is 2.35. The second-order valence-electron chi connectivity index (χ2n) is 5.16. The predicted molar refractivity (Wildman–Crippen MR) is 78.9 cm³/mol. The van der Waals surface area contributed by atoms with Gasteiger partial charge in [-0.05, 0) is 39.0 Å². The van der Waals surface area contributed by atoms with Crippen molar-refractivity contribution in [3.05, 3.63) is 28.8 Å². The summed E-state index contributed by atoms with van der Waals surface area (Å²) in [5.74, 6) is 0. The van der Waals surface area contributed by atoms with Crippen molar-refractivity contribution in [3.63, 3.8) is 0 Å². The summed E-state index contributed by atoms with van der Waals surface area (Å²) in [6, 6.07) is 7.10. The molecule has 2 N–H and O–H groups in total. The van der Waals surface area contributed by atoms with Crippen molar-refractivity contribution in [2.45, 2.75) is 26.4 Å². The Morgan fingerprint density at radius 3 is 2.70 bits per heavy atom. The Morgan fingerprint density at radius 1 is 1.40 bits per heavy atom. The van der Waals surface area contributed by atoms with E-state index in [4.69, 9.17) is 21.6 Å². The number of carbonyl (C=O) groups is 1. The second kappa shape index (κ2) is 7.01. The molecular weight excluding hydrogens is 278 g/mol. The number of nitrogens with one attached hydrogen (secondary N) is 2. The Labute approximate surface area is 123 Å². The zero-order chi connectivity index (χ0) is 15.2. The number of nitrogens with zero attached hydrogens (tertiary/aromatic N) is 1. The molecule has 0 aliphatic carbocycles. The van der Waals surface area contributed by atoms with Crippen molar-refractivity contribution in [1.29, 1.82) is 5.26 Å². The molecule has 0 aromatic heterocycles. The zero-order valence-corrected chi connectivity index (χ0v) is 12.5. The number of anilines is 1. The van der Waals surface area contributed by atoms with Gasteiger partial charge in [0.25, 0.3) is 0 Å². The van der Waals surface area contributed by atoms with E-state index in [1.54, 1.807) is 18.2 Å². The van der Waals surface area contributed by atoms with Crippen LogP contribution in [0.5, 0.6) is 0 Å². The third kappa shape index (κ3) is 5.81. The summed E-state index contributed by atoms with van der Waals surface area (Å²) in [6.45, 7) is 6.36. The summed E-state index contributed by atoms with van der Waals surface area (Å²) in [5, 5.41) is 15.0. The van der Waals surface area contributed by atoms with E-state index in [0.29, 0.717) is 23.7 Å². The molecule has 0 aliphatic heterocycles. The van der Waals surface area contributed by atoms with Crippen LogP contribution in [0, 0.1) is 11.3 Å². The minimum atomic E-state index is -0.505. The molecule has 0 saturated carbocycles. The lowest BCUT2D eigenvalue weighted by Gasteiger charge is -2.19. The van der Waals surface area contributed by atoms with Gasteiger partial charge in [0.05, 0.1) is 10.6 Å². The van der Waals surface area contributed by atoms with Gasteiger partial charge in [-0.2, -0.15) is 5.26 Å². The van der Waals surface area contributed by atoms with Crippen molar-refractivity contribution >= 4 is 23.4 Å². The molecule has 0 spiro atoms. The van der Waals surface area contributed by atoms with Crippen LogP contribution in [-0.2, 0) is 4.74 Å². The van der Waals surface area contributed by atoms with Gasteiger partial charge >= 0.3 is 6.09 Å². The van der Waals surface area contributed by atoms with Crippen molar-refractivity contribution in [2.24, 2.45) is 0 Å². The first-order valence-electron chi connectivity index (χ1n) is 6.22. The number of carbonyl (C=O) groups excluding carboxylic acids is 1. The molecule has 0 radical (unpaired) electrons. The summed E-state index contributed by atoms with van der Waals surface area (Å²) in [5.41, 5.74) is 0.684. The van der Waals surface area contributed by atoms with E-state index in [-0.39, 0.29) is 0 Å². The first kappa shape index (κ1) is 16.1. The lowest BCUT2D eigenvalue weighted by Crippen LogP contribution is -2.34. The number of alkyl carbamates (subject to hydrolysis) is 1. The molecule has 0 aliphatic rings. The highest BCUT2D eigenvalue weighted by Crippen LogP contribution is 2.19. The maximum absolute atomic E-state index is 11.4. The summed E-state index contributed by atoms with van der Waals surface area (Å²) >= 11 is 5.84. The van der Waals surface area contributed by atoms with Crippen LogP contribution in [0.25, 0.3) is 0 Å². The number of hydrogen-bond donors (Lipinski definition) is 2. The third-order valence-corrected chi connectivity index (χ3v) is 2.54. The van der Waals surface area contributed by atoms with Gasteiger partial charge in [-0.3, -0.25) is 0 Å². The molecular formula is C14H18ClN3O2. The number of benzene rings is 1. The van der Waals surface area contributed by atoms with E-state index in [9.17, 15) is 4.79 Å². The largest absolute Gasteiger partial charge is 0.444 e. The molecule has 5 nitrogen and oxygen atoms in total. The summed E-state index contributed by atoms with van der Waals surface area (Å²) < 4.78 is 5.10. The van der Waals surface area contributed by atoms with Crippen LogP contribution in [-0.4, -0.2) is 24.8 Å². The number of amides is 1. The van der Waals surface area contributed by atoms with E-state index in [1.165, 1.54) is 0 Å². The molecule has 20 heavy (non-hydrogen) atoms. The number of halogens is 1.